The quantitative estimate of drug-likeness (QED) is 0.497. The summed E-state index contributed by atoms with van der Waals surface area (Å²) in [5.41, 5.74) is 1.24. The summed E-state index contributed by atoms with van der Waals surface area (Å²) in [6.45, 7) is 0. The molecule has 2 N–H and O–H groups in total. The van der Waals surface area contributed by atoms with E-state index in [1.54, 1.807) is 10.6 Å². The zero-order valence-corrected chi connectivity index (χ0v) is 8.73. The first kappa shape index (κ1) is 9.17. The summed E-state index contributed by atoms with van der Waals surface area (Å²) in [6.07, 6.45) is 2.41. The standard InChI is InChI=1S/C10H6N2O3S/c13-4-5-3-12-7-2-9(15)8(14)1-6(7)11-10(12)16-5/h1-4,14-15H. The molecule has 3 aromatic rings. The lowest BCUT2D eigenvalue weighted by Crippen LogP contribution is -1.78. The number of carbonyl (C=O) groups excluding carboxylic acids is 1. The van der Waals surface area contributed by atoms with Crippen molar-refractivity contribution in [3.63, 3.8) is 0 Å². The Bertz CT molecular complexity index is 714. The number of hydrogen-bond donors (Lipinski definition) is 2. The highest BCUT2D eigenvalue weighted by Gasteiger charge is 2.11. The molecule has 2 aromatic heterocycles. The number of nitrogens with zero attached hydrogens (tertiary/aromatic N) is 2. The molecule has 0 amide bonds. The van der Waals surface area contributed by atoms with E-state index in [0.29, 0.717) is 20.9 Å². The van der Waals surface area contributed by atoms with Gasteiger partial charge in [-0.3, -0.25) is 9.20 Å². The first-order valence-corrected chi connectivity index (χ1v) is 5.29. The molecule has 1 aromatic carbocycles. The van der Waals surface area contributed by atoms with E-state index in [1.807, 2.05) is 0 Å². The summed E-state index contributed by atoms with van der Waals surface area (Å²) in [4.78, 5) is 16.1. The van der Waals surface area contributed by atoms with E-state index in [0.717, 1.165) is 6.29 Å². The van der Waals surface area contributed by atoms with Crippen molar-refractivity contribution in [2.45, 2.75) is 0 Å². The van der Waals surface area contributed by atoms with Crippen LogP contribution in [0, 0.1) is 0 Å². The lowest BCUT2D eigenvalue weighted by atomic mass is 10.3. The van der Waals surface area contributed by atoms with Crippen LogP contribution in [0.1, 0.15) is 9.67 Å². The molecule has 0 saturated heterocycles. The van der Waals surface area contributed by atoms with Crippen LogP contribution in [0.5, 0.6) is 11.5 Å². The van der Waals surface area contributed by atoms with Crippen LogP contribution in [0.3, 0.4) is 0 Å². The van der Waals surface area contributed by atoms with Gasteiger partial charge in [-0.05, 0) is 0 Å². The average molecular weight is 234 g/mol. The number of benzene rings is 1. The molecule has 16 heavy (non-hydrogen) atoms. The summed E-state index contributed by atoms with van der Waals surface area (Å²) in [6, 6.07) is 2.82. The van der Waals surface area contributed by atoms with Crippen molar-refractivity contribution in [1.82, 2.24) is 9.38 Å². The number of aromatic hydroxyl groups is 2. The third-order valence-corrected chi connectivity index (χ3v) is 3.24. The van der Waals surface area contributed by atoms with Crippen LogP contribution in [0.2, 0.25) is 0 Å². The Labute approximate surface area is 93.2 Å². The van der Waals surface area contributed by atoms with Crippen molar-refractivity contribution in [2.75, 3.05) is 0 Å². The highest BCUT2D eigenvalue weighted by atomic mass is 32.1. The Balaban J connectivity index is 2.46. The number of hydrogen-bond acceptors (Lipinski definition) is 5. The lowest BCUT2D eigenvalue weighted by Gasteiger charge is -1.96. The normalized spacial score (nSPS) is 11.2. The van der Waals surface area contributed by atoms with E-state index < -0.39 is 0 Å². The summed E-state index contributed by atoms with van der Waals surface area (Å²) >= 11 is 1.26. The van der Waals surface area contributed by atoms with Gasteiger partial charge in [-0.1, -0.05) is 11.3 Å². The molecule has 80 valence electrons. The molecule has 0 saturated carbocycles. The largest absolute Gasteiger partial charge is 0.504 e. The molecule has 0 aliphatic rings. The lowest BCUT2D eigenvalue weighted by molar-refractivity contribution is 0.112. The fourth-order valence-electron chi connectivity index (χ4n) is 1.61. The van der Waals surface area contributed by atoms with E-state index in [1.165, 1.54) is 23.5 Å². The van der Waals surface area contributed by atoms with Crippen molar-refractivity contribution in [3.8, 4) is 11.5 Å². The molecular weight excluding hydrogens is 228 g/mol. The summed E-state index contributed by atoms with van der Waals surface area (Å²) in [5.74, 6) is -0.401. The molecule has 6 heteroatoms. The van der Waals surface area contributed by atoms with Gasteiger partial charge in [-0.15, -0.1) is 0 Å². The molecule has 2 heterocycles. The van der Waals surface area contributed by atoms with Gasteiger partial charge in [-0.25, -0.2) is 4.98 Å². The number of fused-ring (bicyclic) bond motifs is 3. The van der Waals surface area contributed by atoms with Gasteiger partial charge in [0.05, 0.1) is 15.9 Å². The molecule has 5 nitrogen and oxygen atoms in total. The summed E-state index contributed by atoms with van der Waals surface area (Å²) < 4.78 is 1.71. The zero-order valence-electron chi connectivity index (χ0n) is 7.91. The van der Waals surface area contributed by atoms with E-state index in [9.17, 15) is 15.0 Å². The number of aromatic nitrogens is 2. The van der Waals surface area contributed by atoms with Crippen LogP contribution in [0.25, 0.3) is 16.0 Å². The summed E-state index contributed by atoms with van der Waals surface area (Å²) in [7, 11) is 0. The van der Waals surface area contributed by atoms with Gasteiger partial charge in [0.2, 0.25) is 0 Å². The van der Waals surface area contributed by atoms with Crippen molar-refractivity contribution in [2.24, 2.45) is 0 Å². The van der Waals surface area contributed by atoms with Crippen molar-refractivity contribution in [3.05, 3.63) is 23.2 Å². The van der Waals surface area contributed by atoms with Crippen molar-refractivity contribution < 1.29 is 15.0 Å². The smallest absolute Gasteiger partial charge is 0.195 e. The number of phenolic OH excluding ortho intramolecular Hbond substituents is 2. The third kappa shape index (κ3) is 1.10. The maximum Gasteiger partial charge on any atom is 0.195 e. The number of carbonyl (C=O) groups is 1. The van der Waals surface area contributed by atoms with Gasteiger partial charge in [0, 0.05) is 18.3 Å². The molecule has 0 spiro atoms. The maximum atomic E-state index is 10.6. The van der Waals surface area contributed by atoms with Crippen molar-refractivity contribution >= 4 is 33.6 Å². The number of aldehydes is 1. The predicted octanol–water partition coefficient (Wildman–Crippen LogP) is 1.77. The van der Waals surface area contributed by atoms with Gasteiger partial charge in [0.25, 0.3) is 0 Å². The monoisotopic (exact) mass is 234 g/mol. The fraction of sp³-hybridized carbons (Fsp3) is 0. The molecule has 0 aliphatic heterocycles. The second-order valence-electron chi connectivity index (χ2n) is 3.35. The molecular formula is C10H6N2O3S. The van der Waals surface area contributed by atoms with Crippen LogP contribution in [0.4, 0.5) is 0 Å². The Kier molecular flexibility index (Phi) is 1.69. The first-order valence-electron chi connectivity index (χ1n) is 4.48. The summed E-state index contributed by atoms with van der Waals surface area (Å²) in [5, 5.41) is 18.7. The van der Waals surface area contributed by atoms with Gasteiger partial charge < -0.3 is 10.2 Å². The van der Waals surface area contributed by atoms with Crippen molar-refractivity contribution in [1.29, 1.82) is 0 Å². The molecule has 0 unspecified atom stereocenters. The first-order chi connectivity index (χ1) is 7.69. The minimum Gasteiger partial charge on any atom is -0.504 e. The Morgan fingerprint density at radius 3 is 2.81 bits per heavy atom. The average Bonchev–Trinajstić information content (AvgIpc) is 2.77. The predicted molar refractivity (Wildman–Crippen MR) is 59.3 cm³/mol. The fourth-order valence-corrected chi connectivity index (χ4v) is 2.42. The second kappa shape index (κ2) is 2.96. The van der Waals surface area contributed by atoms with E-state index in [4.69, 9.17) is 0 Å². The third-order valence-electron chi connectivity index (χ3n) is 2.34. The highest BCUT2D eigenvalue weighted by Crippen LogP contribution is 2.31. The Hall–Kier alpha value is -2.08. The van der Waals surface area contributed by atoms with Crippen LogP contribution in [0.15, 0.2) is 18.3 Å². The van der Waals surface area contributed by atoms with Gasteiger partial charge in [0.1, 0.15) is 0 Å². The van der Waals surface area contributed by atoms with Gasteiger partial charge in [-0.2, -0.15) is 0 Å². The number of thiazole rings is 1. The second-order valence-corrected chi connectivity index (χ2v) is 4.39. The number of phenols is 2. The van der Waals surface area contributed by atoms with Gasteiger partial charge in [0.15, 0.2) is 22.7 Å². The molecule has 3 rings (SSSR count). The highest BCUT2D eigenvalue weighted by molar-refractivity contribution is 7.18. The Morgan fingerprint density at radius 2 is 2.06 bits per heavy atom. The van der Waals surface area contributed by atoms with Crippen LogP contribution >= 0.6 is 11.3 Å². The van der Waals surface area contributed by atoms with Crippen LogP contribution < -0.4 is 0 Å². The van der Waals surface area contributed by atoms with Crippen LogP contribution in [-0.2, 0) is 0 Å². The molecule has 0 atom stereocenters. The minimum absolute atomic E-state index is 0.200. The molecule has 0 radical (unpaired) electrons. The molecule has 0 fully saturated rings. The molecule has 0 bridgehead atoms. The number of rotatable bonds is 1. The SMILES string of the molecule is O=Cc1cn2c(nc3cc(O)c(O)cc32)s1. The Morgan fingerprint density at radius 1 is 1.31 bits per heavy atom. The van der Waals surface area contributed by atoms with E-state index in [2.05, 4.69) is 4.98 Å². The molecule has 0 aliphatic carbocycles. The van der Waals surface area contributed by atoms with E-state index >= 15 is 0 Å². The van der Waals surface area contributed by atoms with E-state index in [-0.39, 0.29) is 11.5 Å². The maximum absolute atomic E-state index is 10.6. The number of imidazole rings is 1. The minimum atomic E-state index is -0.201. The zero-order chi connectivity index (χ0) is 11.3. The topological polar surface area (TPSA) is 74.8 Å². The van der Waals surface area contributed by atoms with Crippen LogP contribution in [-0.4, -0.2) is 25.9 Å². The van der Waals surface area contributed by atoms with Gasteiger partial charge >= 0.3 is 0 Å².